The first kappa shape index (κ1) is 17.1. The monoisotopic (exact) mass is 306 g/mol. The summed E-state index contributed by atoms with van der Waals surface area (Å²) in [6, 6.07) is 6.44. The van der Waals surface area contributed by atoms with Crippen molar-refractivity contribution in [3.8, 4) is 11.5 Å². The van der Waals surface area contributed by atoms with Gasteiger partial charge in [-0.05, 0) is 70.4 Å². The Kier molecular flexibility index (Phi) is 7.00. The van der Waals surface area contributed by atoms with Gasteiger partial charge in [0.15, 0.2) is 11.5 Å². The van der Waals surface area contributed by atoms with Crippen LogP contribution in [-0.2, 0) is 0 Å². The van der Waals surface area contributed by atoms with Crippen LogP contribution in [0, 0.1) is 0 Å². The van der Waals surface area contributed by atoms with Crippen LogP contribution in [-0.4, -0.2) is 51.8 Å². The van der Waals surface area contributed by atoms with E-state index < -0.39 is 0 Å². The van der Waals surface area contributed by atoms with E-state index in [4.69, 9.17) is 9.47 Å². The van der Waals surface area contributed by atoms with Gasteiger partial charge in [-0.3, -0.25) is 0 Å². The van der Waals surface area contributed by atoms with Crippen molar-refractivity contribution in [1.29, 1.82) is 0 Å². The van der Waals surface area contributed by atoms with E-state index in [2.05, 4.69) is 42.5 Å². The lowest BCUT2D eigenvalue weighted by Gasteiger charge is -2.24. The lowest BCUT2D eigenvalue weighted by Crippen LogP contribution is -2.28. The topological polar surface area (TPSA) is 33.7 Å². The van der Waals surface area contributed by atoms with E-state index in [1.165, 1.54) is 18.4 Å². The molecule has 0 aromatic heterocycles. The smallest absolute Gasteiger partial charge is 0.161 e. The maximum Gasteiger partial charge on any atom is 0.161 e. The minimum atomic E-state index is 0.593. The molecule has 0 aliphatic carbocycles. The molecule has 1 atom stereocenters. The average Bonchev–Trinajstić information content (AvgIpc) is 2.53. The molecular formula is C18H30N2O2. The Morgan fingerprint density at radius 2 is 2.09 bits per heavy atom. The third-order valence-corrected chi connectivity index (χ3v) is 4.04. The molecule has 0 saturated carbocycles. The van der Waals surface area contributed by atoms with Crippen LogP contribution >= 0.6 is 0 Å². The molecular weight excluding hydrogens is 276 g/mol. The minimum Gasteiger partial charge on any atom is -0.490 e. The maximum absolute atomic E-state index is 5.92. The molecule has 0 bridgehead atoms. The first-order valence-electron chi connectivity index (χ1n) is 8.45. The number of hydrogen-bond acceptors (Lipinski definition) is 4. The van der Waals surface area contributed by atoms with E-state index >= 15 is 0 Å². The fourth-order valence-electron chi connectivity index (χ4n) is 2.87. The van der Waals surface area contributed by atoms with Gasteiger partial charge in [0, 0.05) is 13.1 Å². The summed E-state index contributed by atoms with van der Waals surface area (Å²) in [5.41, 5.74) is 1.36. The Labute approximate surface area is 134 Å². The van der Waals surface area contributed by atoms with Crippen molar-refractivity contribution in [1.82, 2.24) is 10.2 Å². The molecule has 0 spiro atoms. The second-order valence-corrected chi connectivity index (χ2v) is 6.19. The van der Waals surface area contributed by atoms with Gasteiger partial charge in [0.2, 0.25) is 0 Å². The Morgan fingerprint density at radius 1 is 1.23 bits per heavy atom. The maximum atomic E-state index is 5.92. The van der Waals surface area contributed by atoms with Crippen molar-refractivity contribution in [2.45, 2.75) is 32.1 Å². The molecule has 1 fully saturated rings. The molecule has 1 saturated heterocycles. The Hall–Kier alpha value is -1.26. The van der Waals surface area contributed by atoms with Crippen molar-refractivity contribution in [2.24, 2.45) is 0 Å². The van der Waals surface area contributed by atoms with Crippen LogP contribution in [0.3, 0.4) is 0 Å². The molecule has 1 heterocycles. The number of ether oxygens (including phenoxy) is 2. The number of benzene rings is 1. The Morgan fingerprint density at radius 3 is 2.77 bits per heavy atom. The van der Waals surface area contributed by atoms with Crippen molar-refractivity contribution in [3.05, 3.63) is 23.8 Å². The molecule has 22 heavy (non-hydrogen) atoms. The lowest BCUT2D eigenvalue weighted by atomic mass is 9.91. The molecule has 1 N–H and O–H groups in total. The predicted octanol–water partition coefficient (Wildman–Crippen LogP) is 2.88. The highest BCUT2D eigenvalue weighted by Gasteiger charge is 2.17. The second-order valence-electron chi connectivity index (χ2n) is 6.19. The van der Waals surface area contributed by atoms with E-state index in [0.29, 0.717) is 12.5 Å². The number of nitrogens with zero attached hydrogens (tertiary/aromatic N) is 1. The van der Waals surface area contributed by atoms with E-state index in [1.54, 1.807) is 0 Å². The molecule has 1 aromatic carbocycles. The van der Waals surface area contributed by atoms with Crippen LogP contribution in [0.5, 0.6) is 11.5 Å². The zero-order valence-corrected chi connectivity index (χ0v) is 14.2. The van der Waals surface area contributed by atoms with Crippen molar-refractivity contribution in [3.63, 3.8) is 0 Å². The number of piperidine rings is 1. The van der Waals surface area contributed by atoms with E-state index in [0.717, 1.165) is 44.2 Å². The number of nitrogens with one attached hydrogen (secondary N) is 1. The van der Waals surface area contributed by atoms with E-state index in [-0.39, 0.29) is 0 Å². The van der Waals surface area contributed by atoms with Crippen molar-refractivity contribution >= 4 is 0 Å². The van der Waals surface area contributed by atoms with Crippen LogP contribution in [0.4, 0.5) is 0 Å². The van der Waals surface area contributed by atoms with Gasteiger partial charge in [0.05, 0.1) is 13.2 Å². The first-order chi connectivity index (χ1) is 10.7. The van der Waals surface area contributed by atoms with Crippen molar-refractivity contribution < 1.29 is 9.47 Å². The van der Waals surface area contributed by atoms with Crippen LogP contribution < -0.4 is 14.8 Å². The Balaban J connectivity index is 1.99. The molecule has 1 aliphatic rings. The summed E-state index contributed by atoms with van der Waals surface area (Å²) in [6.45, 7) is 6.65. The molecule has 0 radical (unpaired) electrons. The van der Waals surface area contributed by atoms with Gasteiger partial charge in [-0.15, -0.1) is 0 Å². The molecule has 1 aromatic rings. The molecule has 4 nitrogen and oxygen atoms in total. The quantitative estimate of drug-likeness (QED) is 0.749. The van der Waals surface area contributed by atoms with E-state index in [1.807, 2.05) is 6.92 Å². The molecule has 1 unspecified atom stereocenters. The fraction of sp³-hybridized carbons (Fsp3) is 0.667. The van der Waals surface area contributed by atoms with Gasteiger partial charge in [-0.1, -0.05) is 6.07 Å². The van der Waals surface area contributed by atoms with Crippen LogP contribution in [0.1, 0.15) is 37.7 Å². The summed E-state index contributed by atoms with van der Waals surface area (Å²) >= 11 is 0. The number of rotatable bonds is 8. The van der Waals surface area contributed by atoms with Gasteiger partial charge < -0.3 is 19.7 Å². The molecule has 2 rings (SSSR count). The summed E-state index contributed by atoms with van der Waals surface area (Å²) in [6.07, 6.45) is 3.52. The fourth-order valence-corrected chi connectivity index (χ4v) is 2.87. The molecule has 0 amide bonds. The normalized spacial score (nSPS) is 18.5. The largest absolute Gasteiger partial charge is 0.490 e. The first-order valence-corrected chi connectivity index (χ1v) is 8.45. The average molecular weight is 306 g/mol. The van der Waals surface area contributed by atoms with Crippen LogP contribution in [0.2, 0.25) is 0 Å². The highest BCUT2D eigenvalue weighted by molar-refractivity contribution is 5.44. The zero-order valence-electron chi connectivity index (χ0n) is 14.2. The summed E-state index contributed by atoms with van der Waals surface area (Å²) in [5.74, 6) is 2.35. The minimum absolute atomic E-state index is 0.593. The number of hydrogen-bond donors (Lipinski definition) is 1. The van der Waals surface area contributed by atoms with E-state index in [9.17, 15) is 0 Å². The SMILES string of the molecule is CCOc1cc(C2CCCNC2)ccc1OCCCN(C)C. The second kappa shape index (κ2) is 9.01. The summed E-state index contributed by atoms with van der Waals surface area (Å²) in [4.78, 5) is 2.17. The third kappa shape index (κ3) is 5.18. The van der Waals surface area contributed by atoms with Crippen LogP contribution in [0.25, 0.3) is 0 Å². The van der Waals surface area contributed by atoms with Gasteiger partial charge in [-0.2, -0.15) is 0 Å². The highest BCUT2D eigenvalue weighted by atomic mass is 16.5. The molecule has 1 aliphatic heterocycles. The third-order valence-electron chi connectivity index (χ3n) is 4.04. The standard InChI is InChI=1S/C18H30N2O2/c1-4-21-18-13-15(16-7-5-10-19-14-16)8-9-17(18)22-12-6-11-20(2)3/h8-9,13,16,19H,4-7,10-12,14H2,1-3H3. The summed E-state index contributed by atoms with van der Waals surface area (Å²) < 4.78 is 11.7. The summed E-state index contributed by atoms with van der Waals surface area (Å²) in [7, 11) is 4.16. The summed E-state index contributed by atoms with van der Waals surface area (Å²) in [5, 5.41) is 3.48. The molecule has 4 heteroatoms. The van der Waals surface area contributed by atoms with Crippen molar-refractivity contribution in [2.75, 3.05) is 46.9 Å². The van der Waals surface area contributed by atoms with Gasteiger partial charge >= 0.3 is 0 Å². The predicted molar refractivity (Wildman–Crippen MR) is 91.1 cm³/mol. The highest BCUT2D eigenvalue weighted by Crippen LogP contribution is 2.33. The zero-order chi connectivity index (χ0) is 15.8. The van der Waals surface area contributed by atoms with Crippen LogP contribution in [0.15, 0.2) is 18.2 Å². The van der Waals surface area contributed by atoms with Gasteiger partial charge in [-0.25, -0.2) is 0 Å². The molecule has 124 valence electrons. The van der Waals surface area contributed by atoms with Gasteiger partial charge in [0.25, 0.3) is 0 Å². The lowest BCUT2D eigenvalue weighted by molar-refractivity contribution is 0.258. The Bertz CT molecular complexity index is 443. The van der Waals surface area contributed by atoms with Gasteiger partial charge in [0.1, 0.15) is 0 Å².